The number of nitro benzene ring substituents is 2. The number of nitro groups is 2. The molecule has 0 spiro atoms. The number of piperidine rings is 1. The van der Waals surface area contributed by atoms with Crippen molar-refractivity contribution in [1.29, 1.82) is 0 Å². The molecule has 152 valence electrons. The Morgan fingerprint density at radius 3 is 2.34 bits per heavy atom. The molecule has 0 saturated carbocycles. The maximum atomic E-state index is 11.2. The fourth-order valence-corrected chi connectivity index (χ4v) is 3.62. The summed E-state index contributed by atoms with van der Waals surface area (Å²) in [6.07, 6.45) is 3.68. The van der Waals surface area contributed by atoms with Crippen LogP contribution >= 0.6 is 0 Å². The third kappa shape index (κ3) is 4.87. The third-order valence-electron chi connectivity index (χ3n) is 5.15. The van der Waals surface area contributed by atoms with Crippen molar-refractivity contribution >= 4 is 29.0 Å². The Hall–Kier alpha value is -3.49. The van der Waals surface area contributed by atoms with Gasteiger partial charge in [-0.25, -0.2) is 0 Å². The van der Waals surface area contributed by atoms with E-state index in [1.54, 1.807) is 24.4 Å². The molecule has 0 aliphatic carbocycles. The van der Waals surface area contributed by atoms with Crippen molar-refractivity contribution in [2.75, 3.05) is 16.9 Å². The second-order valence-electron chi connectivity index (χ2n) is 7.35. The van der Waals surface area contributed by atoms with E-state index in [1.807, 2.05) is 0 Å². The van der Waals surface area contributed by atoms with Crippen LogP contribution in [0.25, 0.3) is 0 Å². The first-order valence-corrected chi connectivity index (χ1v) is 9.43. The number of non-ortho nitro benzene ring substituents is 2. The largest absolute Gasteiger partial charge is 0.368 e. The summed E-state index contributed by atoms with van der Waals surface area (Å²) in [6.45, 7) is 5.28. The zero-order valence-electron chi connectivity index (χ0n) is 16.3. The molecule has 2 atom stereocenters. The highest BCUT2D eigenvalue weighted by Crippen LogP contribution is 2.31. The van der Waals surface area contributed by atoms with E-state index in [4.69, 9.17) is 0 Å². The Morgan fingerprint density at radius 2 is 1.72 bits per heavy atom. The summed E-state index contributed by atoms with van der Waals surface area (Å²) in [5.41, 5.74) is 4.95. The molecular weight excluding hydrogens is 374 g/mol. The molecule has 0 amide bonds. The number of hydrogen-bond acceptors (Lipinski definition) is 7. The summed E-state index contributed by atoms with van der Waals surface area (Å²) in [4.78, 5) is 23.3. The monoisotopic (exact) mass is 397 g/mol. The molecule has 2 aromatic carbocycles. The molecule has 0 bridgehead atoms. The lowest BCUT2D eigenvalue weighted by Gasteiger charge is -2.39. The van der Waals surface area contributed by atoms with Crippen LogP contribution in [0.4, 0.5) is 22.7 Å². The summed E-state index contributed by atoms with van der Waals surface area (Å²) < 4.78 is 0. The lowest BCUT2D eigenvalue weighted by molar-refractivity contribution is -0.385. The van der Waals surface area contributed by atoms with Crippen LogP contribution in [0.5, 0.6) is 0 Å². The summed E-state index contributed by atoms with van der Waals surface area (Å²) in [6, 6.07) is 11.0. The van der Waals surface area contributed by atoms with Gasteiger partial charge < -0.3 is 4.90 Å². The van der Waals surface area contributed by atoms with E-state index in [9.17, 15) is 20.2 Å². The molecule has 2 aromatic rings. The van der Waals surface area contributed by atoms with Crippen LogP contribution in [0.1, 0.15) is 32.3 Å². The van der Waals surface area contributed by atoms with Gasteiger partial charge in [-0.3, -0.25) is 25.7 Å². The molecule has 1 saturated heterocycles. The topological polar surface area (TPSA) is 114 Å². The van der Waals surface area contributed by atoms with Crippen LogP contribution < -0.4 is 10.3 Å². The summed E-state index contributed by atoms with van der Waals surface area (Å²) in [5, 5.41) is 26.1. The van der Waals surface area contributed by atoms with Gasteiger partial charge in [0.2, 0.25) is 0 Å². The fraction of sp³-hybridized carbons (Fsp3) is 0.350. The lowest BCUT2D eigenvalue weighted by atomic mass is 9.92. The number of rotatable bonds is 6. The quantitative estimate of drug-likeness (QED) is 0.434. The van der Waals surface area contributed by atoms with Crippen LogP contribution in [-0.4, -0.2) is 28.6 Å². The molecule has 0 radical (unpaired) electrons. The van der Waals surface area contributed by atoms with E-state index >= 15 is 0 Å². The van der Waals surface area contributed by atoms with Crippen molar-refractivity contribution in [1.82, 2.24) is 0 Å². The van der Waals surface area contributed by atoms with Gasteiger partial charge in [0.1, 0.15) is 0 Å². The highest BCUT2D eigenvalue weighted by Gasteiger charge is 2.25. The van der Waals surface area contributed by atoms with Gasteiger partial charge in [0, 0.05) is 48.1 Å². The molecule has 3 rings (SSSR count). The number of anilines is 2. The second kappa shape index (κ2) is 8.68. The van der Waals surface area contributed by atoms with Crippen molar-refractivity contribution in [2.45, 2.75) is 32.7 Å². The standard InChI is InChI=1S/C20H23N5O4/c1-14-9-10-23(15(2)11-14)20-8-7-19(25(28)29)12-16(20)13-21-22-17-3-5-18(6-4-17)24(26)27/h3-8,12-15,22H,9-11H2,1-2H3/b21-13-/t14-,15+/m1/s1. The first-order valence-electron chi connectivity index (χ1n) is 9.43. The molecule has 9 nitrogen and oxygen atoms in total. The van der Waals surface area contributed by atoms with Gasteiger partial charge in [-0.2, -0.15) is 5.10 Å². The van der Waals surface area contributed by atoms with Gasteiger partial charge in [0.25, 0.3) is 11.4 Å². The number of nitrogens with one attached hydrogen (secondary N) is 1. The van der Waals surface area contributed by atoms with Crippen LogP contribution in [0.15, 0.2) is 47.6 Å². The minimum absolute atomic E-state index is 0.00330. The first kappa shape index (κ1) is 20.2. The Balaban J connectivity index is 1.83. The Bertz CT molecular complexity index is 929. The van der Waals surface area contributed by atoms with Crippen molar-refractivity contribution in [3.63, 3.8) is 0 Å². The van der Waals surface area contributed by atoms with Gasteiger partial charge in [-0.05, 0) is 43.9 Å². The first-order chi connectivity index (χ1) is 13.8. The highest BCUT2D eigenvalue weighted by atomic mass is 16.6. The number of benzene rings is 2. The maximum absolute atomic E-state index is 11.2. The Kier molecular flexibility index (Phi) is 6.06. The summed E-state index contributed by atoms with van der Waals surface area (Å²) in [7, 11) is 0. The van der Waals surface area contributed by atoms with Crippen molar-refractivity contribution in [3.05, 3.63) is 68.3 Å². The summed E-state index contributed by atoms with van der Waals surface area (Å²) in [5.74, 6) is 0.653. The zero-order chi connectivity index (χ0) is 21.0. The maximum Gasteiger partial charge on any atom is 0.270 e. The predicted molar refractivity (Wildman–Crippen MR) is 113 cm³/mol. The van der Waals surface area contributed by atoms with E-state index in [1.165, 1.54) is 24.3 Å². The van der Waals surface area contributed by atoms with Crippen molar-refractivity contribution in [2.24, 2.45) is 11.0 Å². The van der Waals surface area contributed by atoms with Gasteiger partial charge in [-0.1, -0.05) is 6.92 Å². The van der Waals surface area contributed by atoms with Gasteiger partial charge in [-0.15, -0.1) is 0 Å². The molecule has 1 heterocycles. The second-order valence-corrected chi connectivity index (χ2v) is 7.35. The van der Waals surface area contributed by atoms with E-state index < -0.39 is 9.85 Å². The van der Waals surface area contributed by atoms with Crippen LogP contribution in [0.3, 0.4) is 0 Å². The number of nitrogens with zero attached hydrogens (tertiary/aromatic N) is 4. The fourth-order valence-electron chi connectivity index (χ4n) is 3.62. The number of hydrogen-bond donors (Lipinski definition) is 1. The average molecular weight is 397 g/mol. The molecule has 1 aliphatic heterocycles. The average Bonchev–Trinajstić information content (AvgIpc) is 2.68. The van der Waals surface area contributed by atoms with Gasteiger partial charge >= 0.3 is 0 Å². The van der Waals surface area contributed by atoms with E-state index in [-0.39, 0.29) is 11.4 Å². The Morgan fingerprint density at radius 1 is 1.07 bits per heavy atom. The highest BCUT2D eigenvalue weighted by molar-refractivity contribution is 5.89. The SMILES string of the molecule is C[C@@H]1CCN(c2ccc([N+](=O)[O-])cc2/C=N\Nc2ccc([N+](=O)[O-])cc2)[C@@H](C)C1. The molecule has 1 fully saturated rings. The van der Waals surface area contributed by atoms with Crippen LogP contribution in [-0.2, 0) is 0 Å². The van der Waals surface area contributed by atoms with Gasteiger partial charge in [0.05, 0.1) is 21.7 Å². The predicted octanol–water partition coefficient (Wildman–Crippen LogP) is 4.57. The summed E-state index contributed by atoms with van der Waals surface area (Å²) >= 11 is 0. The van der Waals surface area contributed by atoms with E-state index in [0.29, 0.717) is 23.2 Å². The molecule has 1 aliphatic rings. The van der Waals surface area contributed by atoms with E-state index in [0.717, 1.165) is 25.1 Å². The third-order valence-corrected chi connectivity index (χ3v) is 5.15. The molecular formula is C20H23N5O4. The van der Waals surface area contributed by atoms with Crippen molar-refractivity contribution < 1.29 is 9.85 Å². The van der Waals surface area contributed by atoms with Crippen LogP contribution in [0.2, 0.25) is 0 Å². The molecule has 0 unspecified atom stereocenters. The van der Waals surface area contributed by atoms with Crippen LogP contribution in [0, 0.1) is 26.1 Å². The minimum atomic E-state index is -0.469. The lowest BCUT2D eigenvalue weighted by Crippen LogP contribution is -2.40. The molecule has 9 heteroatoms. The molecule has 1 N–H and O–H groups in total. The molecule has 0 aromatic heterocycles. The smallest absolute Gasteiger partial charge is 0.270 e. The van der Waals surface area contributed by atoms with Gasteiger partial charge in [0.15, 0.2) is 0 Å². The minimum Gasteiger partial charge on any atom is -0.368 e. The zero-order valence-corrected chi connectivity index (χ0v) is 16.3. The normalized spacial score (nSPS) is 19.3. The Labute approximate surface area is 168 Å². The van der Waals surface area contributed by atoms with Crippen molar-refractivity contribution in [3.8, 4) is 0 Å². The van der Waals surface area contributed by atoms with E-state index in [2.05, 4.69) is 29.3 Å². The molecule has 29 heavy (non-hydrogen) atoms. The number of hydrazone groups is 1.